The molecule has 0 saturated heterocycles. The van der Waals surface area contributed by atoms with Crippen LogP contribution >= 0.6 is 23.4 Å². The molecule has 0 amide bonds. The number of nitro groups is 1. The van der Waals surface area contributed by atoms with Crippen LogP contribution in [0.1, 0.15) is 18.9 Å². The van der Waals surface area contributed by atoms with Crippen LogP contribution in [0.15, 0.2) is 18.2 Å². The molecular formula is C12H16ClNO3S. The molecule has 6 heteroatoms. The van der Waals surface area contributed by atoms with E-state index in [1.54, 1.807) is 6.07 Å². The van der Waals surface area contributed by atoms with E-state index in [-0.39, 0.29) is 11.6 Å². The number of halogens is 1. The van der Waals surface area contributed by atoms with Crippen LogP contribution in [0.25, 0.3) is 0 Å². The summed E-state index contributed by atoms with van der Waals surface area (Å²) in [5, 5.41) is 10.6. The predicted molar refractivity (Wildman–Crippen MR) is 75.8 cm³/mol. The van der Waals surface area contributed by atoms with Crippen LogP contribution in [0, 0.1) is 10.1 Å². The Hall–Kier alpha value is -0.940. The summed E-state index contributed by atoms with van der Waals surface area (Å²) < 4.78 is 5.59. The number of non-ortho nitro benzene ring substituents is 1. The number of ether oxygens (including phenoxy) is 1. The van der Waals surface area contributed by atoms with E-state index in [0.717, 1.165) is 17.9 Å². The molecule has 0 spiro atoms. The van der Waals surface area contributed by atoms with Gasteiger partial charge >= 0.3 is 0 Å². The van der Waals surface area contributed by atoms with Gasteiger partial charge in [0.05, 0.1) is 17.4 Å². The molecule has 0 aromatic heterocycles. The molecule has 0 aliphatic rings. The van der Waals surface area contributed by atoms with E-state index >= 15 is 0 Å². The molecule has 0 N–H and O–H groups in total. The van der Waals surface area contributed by atoms with Crippen molar-refractivity contribution < 1.29 is 9.66 Å². The molecule has 18 heavy (non-hydrogen) atoms. The summed E-state index contributed by atoms with van der Waals surface area (Å²) in [6, 6.07) is 4.51. The number of thioether (sulfide) groups is 1. The molecule has 1 aromatic carbocycles. The first-order valence-corrected chi connectivity index (χ1v) is 7.41. The van der Waals surface area contributed by atoms with Crippen LogP contribution in [0.4, 0.5) is 5.69 Å². The maximum absolute atomic E-state index is 10.6. The van der Waals surface area contributed by atoms with E-state index in [1.807, 2.05) is 11.8 Å². The van der Waals surface area contributed by atoms with E-state index in [4.69, 9.17) is 16.3 Å². The van der Waals surface area contributed by atoms with Crippen molar-refractivity contribution in [2.24, 2.45) is 0 Å². The van der Waals surface area contributed by atoms with Crippen LogP contribution in [0.2, 0.25) is 0 Å². The molecule has 0 unspecified atom stereocenters. The Kier molecular flexibility index (Phi) is 6.90. The van der Waals surface area contributed by atoms with Gasteiger partial charge in [-0.25, -0.2) is 0 Å². The maximum atomic E-state index is 10.6. The van der Waals surface area contributed by atoms with Crippen LogP contribution < -0.4 is 4.74 Å². The molecule has 1 aromatic rings. The van der Waals surface area contributed by atoms with Crippen molar-refractivity contribution in [2.45, 2.75) is 19.2 Å². The minimum absolute atomic E-state index is 0.0412. The second-order valence-corrected chi connectivity index (χ2v) is 5.24. The third kappa shape index (κ3) is 4.74. The van der Waals surface area contributed by atoms with Crippen LogP contribution in [0.5, 0.6) is 5.75 Å². The number of nitrogens with zero attached hydrogens (tertiary/aromatic N) is 1. The number of hydrogen-bond donors (Lipinski definition) is 0. The molecule has 4 nitrogen and oxygen atoms in total. The van der Waals surface area contributed by atoms with Gasteiger partial charge in [0, 0.05) is 17.7 Å². The van der Waals surface area contributed by atoms with E-state index in [1.165, 1.54) is 12.1 Å². The lowest BCUT2D eigenvalue weighted by Crippen LogP contribution is -2.01. The second-order valence-electron chi connectivity index (χ2n) is 3.58. The summed E-state index contributed by atoms with van der Waals surface area (Å²) in [5.41, 5.74) is 0.702. The van der Waals surface area contributed by atoms with Crippen molar-refractivity contribution in [3.05, 3.63) is 33.9 Å². The minimum atomic E-state index is -0.433. The molecule has 0 aliphatic heterocycles. The molecule has 0 aliphatic carbocycles. The molecular weight excluding hydrogens is 274 g/mol. The second kappa shape index (κ2) is 8.21. The summed E-state index contributed by atoms with van der Waals surface area (Å²) in [4.78, 5) is 10.2. The Morgan fingerprint density at radius 2 is 2.28 bits per heavy atom. The van der Waals surface area contributed by atoms with Gasteiger partial charge in [-0.05, 0) is 24.0 Å². The Bertz CT molecular complexity index is 401. The summed E-state index contributed by atoms with van der Waals surface area (Å²) in [6.07, 6.45) is 0.956. The largest absolute Gasteiger partial charge is 0.493 e. The number of nitro benzene ring substituents is 1. The van der Waals surface area contributed by atoms with Crippen molar-refractivity contribution in [1.82, 2.24) is 0 Å². The number of alkyl halides is 1. The first-order valence-electron chi connectivity index (χ1n) is 5.72. The van der Waals surface area contributed by atoms with Crippen LogP contribution in [-0.2, 0) is 5.88 Å². The first-order chi connectivity index (χ1) is 8.69. The highest BCUT2D eigenvalue weighted by atomic mass is 35.5. The normalized spacial score (nSPS) is 10.3. The zero-order chi connectivity index (χ0) is 13.4. The zero-order valence-corrected chi connectivity index (χ0v) is 11.8. The molecule has 0 saturated carbocycles. The van der Waals surface area contributed by atoms with Gasteiger partial charge in [-0.1, -0.05) is 6.92 Å². The lowest BCUT2D eigenvalue weighted by molar-refractivity contribution is -0.384. The van der Waals surface area contributed by atoms with E-state index in [9.17, 15) is 10.1 Å². The van der Waals surface area contributed by atoms with Gasteiger partial charge in [-0.2, -0.15) is 11.8 Å². The molecule has 0 fully saturated rings. The van der Waals surface area contributed by atoms with Gasteiger partial charge < -0.3 is 4.74 Å². The Labute approximate surface area is 116 Å². The Morgan fingerprint density at radius 3 is 2.89 bits per heavy atom. The van der Waals surface area contributed by atoms with Crippen molar-refractivity contribution in [3.8, 4) is 5.75 Å². The summed E-state index contributed by atoms with van der Waals surface area (Å²) >= 11 is 7.63. The van der Waals surface area contributed by atoms with Gasteiger partial charge in [-0.15, -0.1) is 11.6 Å². The van der Waals surface area contributed by atoms with Gasteiger partial charge in [0.1, 0.15) is 5.75 Å². The monoisotopic (exact) mass is 289 g/mol. The Balaban J connectivity index is 2.57. The predicted octanol–water partition coefficient (Wildman–Crippen LogP) is 3.86. The zero-order valence-electron chi connectivity index (χ0n) is 10.2. The molecule has 100 valence electrons. The fourth-order valence-corrected chi connectivity index (χ4v) is 2.23. The molecule has 0 bridgehead atoms. The molecule has 1 rings (SSSR count). The molecule has 0 heterocycles. The van der Waals surface area contributed by atoms with Crippen molar-refractivity contribution in [3.63, 3.8) is 0 Å². The number of rotatable bonds is 8. The average Bonchev–Trinajstić information content (AvgIpc) is 2.38. The quantitative estimate of drug-likeness (QED) is 0.316. The minimum Gasteiger partial charge on any atom is -0.493 e. The standard InChI is InChI=1S/C12H16ClNO3S/c1-2-18-7-3-6-17-12-5-4-11(14(15)16)8-10(12)9-13/h4-5,8H,2-3,6-7,9H2,1H3. The fraction of sp³-hybridized carbons (Fsp3) is 0.500. The lowest BCUT2D eigenvalue weighted by atomic mass is 10.2. The van der Waals surface area contributed by atoms with Crippen LogP contribution in [0.3, 0.4) is 0 Å². The van der Waals surface area contributed by atoms with Gasteiger partial charge in [0.25, 0.3) is 5.69 Å². The summed E-state index contributed by atoms with van der Waals surface area (Å²) in [7, 11) is 0. The fourth-order valence-electron chi connectivity index (χ4n) is 1.41. The van der Waals surface area contributed by atoms with Crippen molar-refractivity contribution >= 4 is 29.1 Å². The topological polar surface area (TPSA) is 52.4 Å². The first kappa shape index (κ1) is 15.1. The third-order valence-electron chi connectivity index (χ3n) is 2.29. The smallest absolute Gasteiger partial charge is 0.270 e. The summed E-state index contributed by atoms with van der Waals surface area (Å²) in [6.45, 7) is 2.72. The number of hydrogen-bond acceptors (Lipinski definition) is 4. The maximum Gasteiger partial charge on any atom is 0.270 e. The van der Waals surface area contributed by atoms with E-state index in [2.05, 4.69) is 6.92 Å². The van der Waals surface area contributed by atoms with Gasteiger partial charge in [-0.3, -0.25) is 10.1 Å². The average molecular weight is 290 g/mol. The summed E-state index contributed by atoms with van der Waals surface area (Å²) in [5.74, 6) is 3.00. The lowest BCUT2D eigenvalue weighted by Gasteiger charge is -2.09. The van der Waals surface area contributed by atoms with Gasteiger partial charge in [0.15, 0.2) is 0 Å². The number of benzene rings is 1. The highest BCUT2D eigenvalue weighted by Gasteiger charge is 2.10. The van der Waals surface area contributed by atoms with E-state index in [0.29, 0.717) is 17.9 Å². The van der Waals surface area contributed by atoms with Crippen molar-refractivity contribution in [2.75, 3.05) is 18.1 Å². The highest BCUT2D eigenvalue weighted by Crippen LogP contribution is 2.25. The highest BCUT2D eigenvalue weighted by molar-refractivity contribution is 7.99. The Morgan fingerprint density at radius 1 is 1.50 bits per heavy atom. The van der Waals surface area contributed by atoms with E-state index < -0.39 is 4.92 Å². The van der Waals surface area contributed by atoms with Crippen molar-refractivity contribution in [1.29, 1.82) is 0 Å². The van der Waals surface area contributed by atoms with Crippen LogP contribution in [-0.4, -0.2) is 23.0 Å². The van der Waals surface area contributed by atoms with Gasteiger partial charge in [0.2, 0.25) is 0 Å². The molecule has 0 radical (unpaired) electrons. The third-order valence-corrected chi connectivity index (χ3v) is 3.57. The molecule has 0 atom stereocenters. The SMILES string of the molecule is CCSCCCOc1ccc([N+](=O)[O-])cc1CCl.